The van der Waals surface area contributed by atoms with Gasteiger partial charge in [-0.25, -0.2) is 0 Å². The lowest BCUT2D eigenvalue weighted by Crippen LogP contribution is -2.06. The van der Waals surface area contributed by atoms with E-state index in [2.05, 4.69) is 37.2 Å². The van der Waals surface area contributed by atoms with Gasteiger partial charge in [0, 0.05) is 26.0 Å². The molecule has 0 amide bonds. The molecule has 0 aliphatic heterocycles. The van der Waals surface area contributed by atoms with Crippen molar-refractivity contribution in [3.05, 3.63) is 53.6 Å². The number of halogens is 2. The molecule has 1 aromatic heterocycles. The van der Waals surface area contributed by atoms with Crippen LogP contribution in [0.3, 0.4) is 0 Å². The van der Waals surface area contributed by atoms with Gasteiger partial charge in [0.05, 0.1) is 16.7 Å². The van der Waals surface area contributed by atoms with Crippen molar-refractivity contribution in [2.24, 2.45) is 0 Å². The van der Waals surface area contributed by atoms with Crippen LogP contribution >= 0.6 is 43.2 Å². The highest BCUT2D eigenvalue weighted by atomic mass is 79.9. The van der Waals surface area contributed by atoms with Crippen LogP contribution in [0.15, 0.2) is 38.6 Å². The third-order valence-corrected chi connectivity index (χ3v) is 5.32. The fraction of sp³-hybridized carbons (Fsp3) is 0.167. The Balaban J connectivity index is 2.26. The molecule has 1 N–H and O–H groups in total. The van der Waals surface area contributed by atoms with Crippen LogP contribution in [0.1, 0.15) is 17.8 Å². The minimum Gasteiger partial charge on any atom is -0.377 e. The molecule has 2 aromatic rings. The second-order valence-corrected chi connectivity index (χ2v) is 6.58. The number of thiophene rings is 1. The van der Waals surface area contributed by atoms with E-state index in [1.54, 1.807) is 17.4 Å². The molecule has 0 saturated carbocycles. The maximum Gasteiger partial charge on any atom is 0.271 e. The molecule has 1 heterocycles. The highest BCUT2D eigenvalue weighted by Crippen LogP contribution is 2.34. The average molecular weight is 406 g/mol. The highest BCUT2D eigenvalue weighted by Gasteiger charge is 2.14. The Bertz CT molecular complexity index is 616. The summed E-state index contributed by atoms with van der Waals surface area (Å²) >= 11 is 8.52. The molecule has 2 rings (SSSR count). The van der Waals surface area contributed by atoms with Crippen LogP contribution in [-0.4, -0.2) is 4.92 Å². The third-order valence-electron chi connectivity index (χ3n) is 2.57. The highest BCUT2D eigenvalue weighted by molar-refractivity contribution is 9.11. The van der Waals surface area contributed by atoms with Gasteiger partial charge in [0.1, 0.15) is 0 Å². The molecule has 19 heavy (non-hydrogen) atoms. The van der Waals surface area contributed by atoms with Gasteiger partial charge in [0.25, 0.3) is 5.69 Å². The lowest BCUT2D eigenvalue weighted by molar-refractivity contribution is -0.384. The molecule has 0 radical (unpaired) electrons. The maximum atomic E-state index is 10.8. The summed E-state index contributed by atoms with van der Waals surface area (Å²) in [4.78, 5) is 11.5. The summed E-state index contributed by atoms with van der Waals surface area (Å²) in [5.74, 6) is 0. The van der Waals surface area contributed by atoms with Crippen molar-refractivity contribution in [2.45, 2.75) is 13.0 Å². The number of nitrogens with one attached hydrogen (secondary N) is 1. The van der Waals surface area contributed by atoms with Gasteiger partial charge in [-0.1, -0.05) is 0 Å². The largest absolute Gasteiger partial charge is 0.377 e. The minimum absolute atomic E-state index is 0.0627. The van der Waals surface area contributed by atoms with E-state index < -0.39 is 4.92 Å². The molecule has 1 atom stereocenters. The number of non-ortho nitro benzene ring substituents is 1. The first-order valence-electron chi connectivity index (χ1n) is 5.42. The zero-order chi connectivity index (χ0) is 14.0. The standard InChI is InChI=1S/C12H10Br2N2O2S/c1-7(12-10(14)4-5-19-12)15-11-6-8(16(17)18)2-3-9(11)13/h2-7,15H,1H3. The van der Waals surface area contributed by atoms with Gasteiger partial charge in [-0.2, -0.15) is 0 Å². The van der Waals surface area contributed by atoms with Gasteiger partial charge in [-0.3, -0.25) is 10.1 Å². The molecule has 0 bridgehead atoms. The zero-order valence-corrected chi connectivity index (χ0v) is 13.9. The molecule has 0 fully saturated rings. The molecule has 7 heteroatoms. The summed E-state index contributed by atoms with van der Waals surface area (Å²) in [5.41, 5.74) is 0.783. The first-order chi connectivity index (χ1) is 8.99. The number of nitro groups is 1. The smallest absolute Gasteiger partial charge is 0.271 e. The van der Waals surface area contributed by atoms with E-state index in [1.807, 2.05) is 18.4 Å². The van der Waals surface area contributed by atoms with Gasteiger partial charge < -0.3 is 5.32 Å². The topological polar surface area (TPSA) is 55.2 Å². The number of nitro benzene ring substituents is 1. The third kappa shape index (κ3) is 3.34. The Hall–Kier alpha value is -0.920. The van der Waals surface area contributed by atoms with Gasteiger partial charge in [-0.15, -0.1) is 11.3 Å². The number of rotatable bonds is 4. The average Bonchev–Trinajstić information content (AvgIpc) is 2.78. The first-order valence-corrected chi connectivity index (χ1v) is 7.89. The number of benzene rings is 1. The molecule has 0 aliphatic rings. The summed E-state index contributed by atoms with van der Waals surface area (Å²) in [5, 5.41) is 16.1. The predicted octanol–water partition coefficient (Wildman–Crippen LogP) is 5.35. The Kier molecular flexibility index (Phi) is 4.59. The van der Waals surface area contributed by atoms with Crippen LogP contribution in [0.25, 0.3) is 0 Å². The van der Waals surface area contributed by atoms with Crippen molar-refractivity contribution in [2.75, 3.05) is 5.32 Å². The van der Waals surface area contributed by atoms with Crippen molar-refractivity contribution in [3.8, 4) is 0 Å². The number of hydrogen-bond acceptors (Lipinski definition) is 4. The van der Waals surface area contributed by atoms with E-state index in [-0.39, 0.29) is 11.7 Å². The number of hydrogen-bond donors (Lipinski definition) is 1. The Labute approximate surface area is 131 Å². The van der Waals surface area contributed by atoms with Gasteiger partial charge >= 0.3 is 0 Å². The summed E-state index contributed by atoms with van der Waals surface area (Å²) in [7, 11) is 0. The van der Waals surface area contributed by atoms with Crippen LogP contribution in [0.2, 0.25) is 0 Å². The van der Waals surface area contributed by atoms with E-state index in [0.29, 0.717) is 5.69 Å². The fourth-order valence-electron chi connectivity index (χ4n) is 1.65. The van der Waals surface area contributed by atoms with Crippen molar-refractivity contribution >= 4 is 54.6 Å². The van der Waals surface area contributed by atoms with Gasteiger partial charge in [-0.05, 0) is 56.3 Å². The van der Waals surface area contributed by atoms with Crippen molar-refractivity contribution in [3.63, 3.8) is 0 Å². The van der Waals surface area contributed by atoms with Crippen LogP contribution < -0.4 is 5.32 Å². The van der Waals surface area contributed by atoms with E-state index in [0.717, 1.165) is 13.8 Å². The Morgan fingerprint density at radius 2 is 2.05 bits per heavy atom. The van der Waals surface area contributed by atoms with Crippen LogP contribution in [-0.2, 0) is 0 Å². The summed E-state index contributed by atoms with van der Waals surface area (Å²) < 4.78 is 1.84. The molecule has 1 unspecified atom stereocenters. The Morgan fingerprint density at radius 3 is 2.63 bits per heavy atom. The van der Waals surface area contributed by atoms with Crippen LogP contribution in [0, 0.1) is 10.1 Å². The quantitative estimate of drug-likeness (QED) is 0.550. The first kappa shape index (κ1) is 14.5. The molecular formula is C12H10Br2N2O2S. The normalized spacial score (nSPS) is 12.2. The SMILES string of the molecule is CC(Nc1cc([N+](=O)[O-])ccc1Br)c1sccc1Br. The second kappa shape index (κ2) is 6.02. The van der Waals surface area contributed by atoms with E-state index in [9.17, 15) is 10.1 Å². The molecular weight excluding hydrogens is 396 g/mol. The predicted molar refractivity (Wildman–Crippen MR) is 84.9 cm³/mol. The van der Waals surface area contributed by atoms with Crippen molar-refractivity contribution < 1.29 is 4.92 Å². The molecule has 0 aliphatic carbocycles. The molecule has 1 aromatic carbocycles. The monoisotopic (exact) mass is 404 g/mol. The molecule has 100 valence electrons. The molecule has 0 spiro atoms. The van der Waals surface area contributed by atoms with Crippen molar-refractivity contribution in [1.29, 1.82) is 0 Å². The minimum atomic E-state index is -0.399. The van der Waals surface area contributed by atoms with E-state index in [4.69, 9.17) is 0 Å². The van der Waals surface area contributed by atoms with Gasteiger partial charge in [0.2, 0.25) is 0 Å². The lowest BCUT2D eigenvalue weighted by Gasteiger charge is -2.15. The van der Waals surface area contributed by atoms with Gasteiger partial charge in [0.15, 0.2) is 0 Å². The number of nitrogens with zero attached hydrogens (tertiary/aromatic N) is 1. The molecule has 4 nitrogen and oxygen atoms in total. The van der Waals surface area contributed by atoms with Crippen LogP contribution in [0.4, 0.5) is 11.4 Å². The fourth-order valence-corrected chi connectivity index (χ4v) is 3.74. The van der Waals surface area contributed by atoms with E-state index in [1.165, 1.54) is 12.1 Å². The van der Waals surface area contributed by atoms with Crippen LogP contribution in [0.5, 0.6) is 0 Å². The summed E-state index contributed by atoms with van der Waals surface area (Å²) in [6.07, 6.45) is 0. The maximum absolute atomic E-state index is 10.8. The molecule has 0 saturated heterocycles. The number of anilines is 1. The zero-order valence-electron chi connectivity index (χ0n) is 9.89. The summed E-state index contributed by atoms with van der Waals surface area (Å²) in [6, 6.07) is 6.73. The lowest BCUT2D eigenvalue weighted by atomic mass is 10.2. The van der Waals surface area contributed by atoms with E-state index >= 15 is 0 Å². The second-order valence-electron chi connectivity index (χ2n) is 3.92. The van der Waals surface area contributed by atoms with Crippen molar-refractivity contribution in [1.82, 2.24) is 0 Å². The Morgan fingerprint density at radius 1 is 1.32 bits per heavy atom. The summed E-state index contributed by atoms with van der Waals surface area (Å²) in [6.45, 7) is 2.02.